The Morgan fingerprint density at radius 2 is 2.24 bits per heavy atom. The van der Waals surface area contributed by atoms with Crippen LogP contribution in [0.2, 0.25) is 0 Å². The number of nitrogens with one attached hydrogen (secondary N) is 1. The second-order valence-corrected chi connectivity index (χ2v) is 6.98. The first-order chi connectivity index (χ1) is 13.9. The number of aromatic nitrogens is 3. The molecule has 0 aliphatic heterocycles. The van der Waals surface area contributed by atoms with E-state index in [-0.39, 0.29) is 23.4 Å². The quantitative estimate of drug-likeness (QED) is 0.702. The monoisotopic (exact) mass is 402 g/mol. The van der Waals surface area contributed by atoms with E-state index in [4.69, 9.17) is 4.42 Å². The maximum Gasteiger partial charge on any atom is 0.387 e. The van der Waals surface area contributed by atoms with E-state index in [0.717, 1.165) is 30.4 Å². The Morgan fingerprint density at radius 3 is 2.97 bits per heavy atom. The van der Waals surface area contributed by atoms with Gasteiger partial charge in [-0.3, -0.25) is 9.48 Å². The molecule has 9 heteroatoms. The van der Waals surface area contributed by atoms with E-state index in [2.05, 4.69) is 20.1 Å². The lowest BCUT2D eigenvalue weighted by Gasteiger charge is -2.26. The number of amides is 1. The standard InChI is InChI=1S/C20H20F2N4O3/c1-11-17(25-19(28-11)13-9-23-26(2)10-13)18(27)24-16-5-3-4-12-8-14(29-20(21)22)6-7-15(12)16/h6-10,16,20H,3-5H2,1-2H3,(H,24,27). The molecule has 1 aromatic carbocycles. The number of aryl methyl sites for hydroxylation is 3. The summed E-state index contributed by atoms with van der Waals surface area (Å²) < 4.78 is 36.6. The van der Waals surface area contributed by atoms with E-state index in [1.54, 1.807) is 43.2 Å². The zero-order chi connectivity index (χ0) is 20.5. The molecule has 7 nitrogen and oxygen atoms in total. The number of carbonyl (C=O) groups excluding carboxylic acids is 1. The van der Waals surface area contributed by atoms with Crippen molar-refractivity contribution in [2.45, 2.75) is 38.8 Å². The molecule has 2 aromatic heterocycles. The van der Waals surface area contributed by atoms with E-state index >= 15 is 0 Å². The lowest BCUT2D eigenvalue weighted by molar-refractivity contribution is -0.0499. The Bertz CT molecular complexity index is 1040. The summed E-state index contributed by atoms with van der Waals surface area (Å²) in [6.07, 6.45) is 5.69. The number of halogens is 2. The van der Waals surface area contributed by atoms with Crippen LogP contribution >= 0.6 is 0 Å². The molecular weight excluding hydrogens is 382 g/mol. The molecule has 0 saturated heterocycles. The van der Waals surface area contributed by atoms with Gasteiger partial charge in [0.05, 0.1) is 17.8 Å². The fourth-order valence-electron chi connectivity index (χ4n) is 3.61. The lowest BCUT2D eigenvalue weighted by atomic mass is 9.87. The first-order valence-electron chi connectivity index (χ1n) is 9.25. The third-order valence-electron chi connectivity index (χ3n) is 4.92. The topological polar surface area (TPSA) is 82.2 Å². The largest absolute Gasteiger partial charge is 0.440 e. The van der Waals surface area contributed by atoms with E-state index in [9.17, 15) is 13.6 Å². The Hall–Kier alpha value is -3.23. The van der Waals surface area contributed by atoms with E-state index in [1.165, 1.54) is 6.07 Å². The van der Waals surface area contributed by atoms with Crippen LogP contribution in [0.3, 0.4) is 0 Å². The van der Waals surface area contributed by atoms with Crippen molar-refractivity contribution in [1.29, 1.82) is 0 Å². The van der Waals surface area contributed by atoms with Gasteiger partial charge < -0.3 is 14.5 Å². The molecule has 1 aliphatic rings. The van der Waals surface area contributed by atoms with Crippen molar-refractivity contribution in [3.05, 3.63) is 53.2 Å². The van der Waals surface area contributed by atoms with Gasteiger partial charge in [-0.1, -0.05) is 6.07 Å². The average Bonchev–Trinajstić information content (AvgIpc) is 3.27. The normalized spacial score (nSPS) is 16.0. The summed E-state index contributed by atoms with van der Waals surface area (Å²) in [6.45, 7) is -1.18. The van der Waals surface area contributed by atoms with Crippen molar-refractivity contribution < 1.29 is 22.7 Å². The van der Waals surface area contributed by atoms with Gasteiger partial charge in [0.1, 0.15) is 11.5 Å². The van der Waals surface area contributed by atoms with Crippen LogP contribution in [-0.4, -0.2) is 27.3 Å². The first kappa shape index (κ1) is 19.1. The van der Waals surface area contributed by atoms with Crippen molar-refractivity contribution in [3.8, 4) is 17.2 Å². The molecule has 0 fully saturated rings. The fraction of sp³-hybridized carbons (Fsp3) is 0.350. The number of nitrogens with zero attached hydrogens (tertiary/aromatic N) is 3. The second kappa shape index (κ2) is 7.65. The number of hydrogen-bond acceptors (Lipinski definition) is 5. The van der Waals surface area contributed by atoms with E-state index in [1.807, 2.05) is 0 Å². The third kappa shape index (κ3) is 3.98. The maximum absolute atomic E-state index is 12.8. The van der Waals surface area contributed by atoms with Crippen molar-refractivity contribution >= 4 is 5.91 Å². The summed E-state index contributed by atoms with van der Waals surface area (Å²) in [4.78, 5) is 17.2. The highest BCUT2D eigenvalue weighted by molar-refractivity contribution is 5.94. The maximum atomic E-state index is 12.8. The third-order valence-corrected chi connectivity index (χ3v) is 4.92. The van der Waals surface area contributed by atoms with Gasteiger partial charge in [0.25, 0.3) is 5.91 Å². The van der Waals surface area contributed by atoms with Gasteiger partial charge in [-0.25, -0.2) is 4.98 Å². The highest BCUT2D eigenvalue weighted by Gasteiger charge is 2.26. The molecule has 1 unspecified atom stereocenters. The molecular formula is C20H20F2N4O3. The van der Waals surface area contributed by atoms with Gasteiger partial charge in [0.15, 0.2) is 5.69 Å². The van der Waals surface area contributed by atoms with Crippen LogP contribution < -0.4 is 10.1 Å². The molecule has 152 valence electrons. The van der Waals surface area contributed by atoms with E-state index < -0.39 is 6.61 Å². The minimum Gasteiger partial charge on any atom is -0.440 e. The highest BCUT2D eigenvalue weighted by atomic mass is 19.3. The summed E-state index contributed by atoms with van der Waals surface area (Å²) in [5.74, 6) is 0.531. The lowest BCUT2D eigenvalue weighted by Crippen LogP contribution is -2.31. The van der Waals surface area contributed by atoms with Crippen LogP contribution in [0.4, 0.5) is 8.78 Å². The Labute approximate surface area is 165 Å². The van der Waals surface area contributed by atoms with Gasteiger partial charge >= 0.3 is 6.61 Å². The number of alkyl halides is 2. The van der Waals surface area contributed by atoms with Crippen LogP contribution in [0.25, 0.3) is 11.5 Å². The summed E-state index contributed by atoms with van der Waals surface area (Å²) in [7, 11) is 1.78. The van der Waals surface area contributed by atoms with Gasteiger partial charge in [-0.05, 0) is 49.4 Å². The molecule has 29 heavy (non-hydrogen) atoms. The van der Waals surface area contributed by atoms with Crippen molar-refractivity contribution in [1.82, 2.24) is 20.1 Å². The number of rotatable bonds is 5. The fourth-order valence-corrected chi connectivity index (χ4v) is 3.61. The molecule has 0 saturated carbocycles. The van der Waals surface area contributed by atoms with Gasteiger partial charge in [-0.15, -0.1) is 0 Å². The molecule has 2 heterocycles. The summed E-state index contributed by atoms with van der Waals surface area (Å²) >= 11 is 0. The number of hydrogen-bond donors (Lipinski definition) is 1. The SMILES string of the molecule is Cc1oc(-c2cnn(C)c2)nc1C(=O)NC1CCCc2cc(OC(F)F)ccc21. The number of ether oxygens (including phenoxy) is 1. The minimum atomic E-state index is -2.86. The summed E-state index contributed by atoms with van der Waals surface area (Å²) in [5, 5.41) is 7.07. The van der Waals surface area contributed by atoms with Crippen molar-refractivity contribution in [2.24, 2.45) is 7.05 Å². The van der Waals surface area contributed by atoms with Crippen LogP contribution in [0.1, 0.15) is 46.3 Å². The van der Waals surface area contributed by atoms with Gasteiger partial charge in [-0.2, -0.15) is 13.9 Å². The van der Waals surface area contributed by atoms with Crippen molar-refractivity contribution in [2.75, 3.05) is 0 Å². The molecule has 1 aliphatic carbocycles. The first-order valence-corrected chi connectivity index (χ1v) is 9.25. The summed E-state index contributed by atoms with van der Waals surface area (Å²) in [6, 6.07) is 4.61. The van der Waals surface area contributed by atoms with Crippen molar-refractivity contribution in [3.63, 3.8) is 0 Å². The molecule has 1 amide bonds. The highest BCUT2D eigenvalue weighted by Crippen LogP contribution is 2.33. The number of fused-ring (bicyclic) bond motifs is 1. The van der Waals surface area contributed by atoms with Crippen LogP contribution in [-0.2, 0) is 13.5 Å². The van der Waals surface area contributed by atoms with Crippen LogP contribution in [0.15, 0.2) is 35.0 Å². The average molecular weight is 402 g/mol. The molecule has 0 radical (unpaired) electrons. The van der Waals surface area contributed by atoms with Crippen LogP contribution in [0.5, 0.6) is 5.75 Å². The molecule has 3 aromatic rings. The molecule has 0 spiro atoms. The van der Waals surface area contributed by atoms with Crippen LogP contribution in [0, 0.1) is 6.92 Å². The molecule has 0 bridgehead atoms. The Balaban J connectivity index is 1.53. The van der Waals surface area contributed by atoms with Gasteiger partial charge in [0, 0.05) is 13.2 Å². The Kier molecular flexibility index (Phi) is 5.04. The Morgan fingerprint density at radius 1 is 1.41 bits per heavy atom. The number of oxazole rings is 1. The summed E-state index contributed by atoms with van der Waals surface area (Å²) in [5.41, 5.74) is 2.70. The smallest absolute Gasteiger partial charge is 0.387 e. The second-order valence-electron chi connectivity index (χ2n) is 6.98. The van der Waals surface area contributed by atoms with Gasteiger partial charge in [0.2, 0.25) is 5.89 Å². The predicted octanol–water partition coefficient (Wildman–Crippen LogP) is 3.79. The molecule has 1 N–H and O–H groups in total. The zero-order valence-electron chi connectivity index (χ0n) is 16.0. The number of carbonyl (C=O) groups is 1. The molecule has 4 rings (SSSR count). The minimum absolute atomic E-state index is 0.124. The van der Waals surface area contributed by atoms with E-state index in [0.29, 0.717) is 17.2 Å². The molecule has 1 atom stereocenters. The number of benzene rings is 1. The zero-order valence-corrected chi connectivity index (χ0v) is 16.0. The predicted molar refractivity (Wildman–Crippen MR) is 99.7 cm³/mol.